The van der Waals surface area contributed by atoms with Crippen LogP contribution in [0.15, 0.2) is 36.7 Å². The van der Waals surface area contributed by atoms with E-state index < -0.39 is 0 Å². The third-order valence-electron chi connectivity index (χ3n) is 3.48. The van der Waals surface area contributed by atoms with Gasteiger partial charge in [-0.1, -0.05) is 35.4 Å². The summed E-state index contributed by atoms with van der Waals surface area (Å²) in [4.78, 5) is 0. The smallest absolute Gasteiger partial charge is 0.0183 e. The molecule has 0 saturated heterocycles. The minimum absolute atomic E-state index is 0.643. The van der Waals surface area contributed by atoms with Crippen molar-refractivity contribution in [3.63, 3.8) is 0 Å². The van der Waals surface area contributed by atoms with Gasteiger partial charge in [-0.25, -0.2) is 0 Å². The Labute approximate surface area is 130 Å². The van der Waals surface area contributed by atoms with Gasteiger partial charge in [-0.3, -0.25) is 0 Å². The summed E-state index contributed by atoms with van der Waals surface area (Å²) in [6.45, 7) is 4.64. The highest BCUT2D eigenvalue weighted by Crippen LogP contribution is 2.33. The van der Waals surface area contributed by atoms with Gasteiger partial charge in [0.15, 0.2) is 0 Å². The molecule has 0 bridgehead atoms. The maximum absolute atomic E-state index is 2.32. The van der Waals surface area contributed by atoms with Crippen LogP contribution >= 0.6 is 21.6 Å². The molecule has 0 aromatic carbocycles. The molecule has 2 nitrogen and oxygen atoms in total. The van der Waals surface area contributed by atoms with Crippen LogP contribution < -0.4 is 0 Å². The Morgan fingerprint density at radius 1 is 0.850 bits per heavy atom. The third-order valence-corrected chi connectivity index (χ3v) is 6.89. The van der Waals surface area contributed by atoms with Crippen LogP contribution in [-0.2, 0) is 26.9 Å². The Bertz CT molecular complexity index is 482. The predicted molar refractivity (Wildman–Crippen MR) is 92.3 cm³/mol. The van der Waals surface area contributed by atoms with Crippen molar-refractivity contribution in [2.45, 2.75) is 37.2 Å². The molecule has 0 aliphatic carbocycles. The van der Waals surface area contributed by atoms with Crippen LogP contribution in [-0.4, -0.2) is 19.6 Å². The van der Waals surface area contributed by atoms with E-state index in [9.17, 15) is 0 Å². The molecule has 20 heavy (non-hydrogen) atoms. The molecule has 2 rings (SSSR count). The number of rotatable bonds is 7. The fourth-order valence-electron chi connectivity index (χ4n) is 2.26. The van der Waals surface area contributed by atoms with E-state index in [1.165, 1.54) is 11.4 Å². The second kappa shape index (κ2) is 7.32. The van der Waals surface area contributed by atoms with Crippen molar-refractivity contribution in [2.24, 2.45) is 14.1 Å². The van der Waals surface area contributed by atoms with Crippen molar-refractivity contribution in [3.8, 4) is 0 Å². The zero-order valence-electron chi connectivity index (χ0n) is 12.7. The van der Waals surface area contributed by atoms with Crippen LogP contribution in [0.5, 0.6) is 0 Å². The maximum Gasteiger partial charge on any atom is 0.0183 e. The monoisotopic (exact) mass is 308 g/mol. The molecule has 0 N–H and O–H groups in total. The number of hydrogen-bond donors (Lipinski definition) is 0. The van der Waals surface area contributed by atoms with E-state index in [1.807, 2.05) is 21.6 Å². The van der Waals surface area contributed by atoms with Crippen molar-refractivity contribution in [1.29, 1.82) is 0 Å². The normalized spacial score (nSPS) is 14.4. The third kappa shape index (κ3) is 4.38. The second-order valence-electron chi connectivity index (χ2n) is 5.44. The summed E-state index contributed by atoms with van der Waals surface area (Å²) in [5.74, 6) is 0. The molecular weight excluding hydrogens is 284 g/mol. The van der Waals surface area contributed by atoms with Crippen LogP contribution in [0, 0.1) is 0 Å². The Morgan fingerprint density at radius 2 is 1.25 bits per heavy atom. The highest BCUT2D eigenvalue weighted by atomic mass is 33.1. The van der Waals surface area contributed by atoms with Crippen molar-refractivity contribution >= 4 is 21.6 Å². The van der Waals surface area contributed by atoms with Gasteiger partial charge >= 0.3 is 0 Å². The Hall–Kier alpha value is -0.740. The number of nitrogens with zero attached hydrogens (tertiary/aromatic N) is 2. The van der Waals surface area contributed by atoms with Gasteiger partial charge in [-0.15, -0.1) is 0 Å². The lowest BCUT2D eigenvalue weighted by molar-refractivity contribution is 0.795. The van der Waals surface area contributed by atoms with E-state index in [0.717, 1.165) is 12.8 Å². The Balaban J connectivity index is 1.74. The lowest BCUT2D eigenvalue weighted by atomic mass is 10.2. The highest BCUT2D eigenvalue weighted by molar-refractivity contribution is 8.77. The molecule has 0 saturated carbocycles. The summed E-state index contributed by atoms with van der Waals surface area (Å²) in [7, 11) is 8.27. The van der Waals surface area contributed by atoms with Crippen molar-refractivity contribution < 1.29 is 0 Å². The van der Waals surface area contributed by atoms with Crippen LogP contribution in [0.3, 0.4) is 0 Å². The Morgan fingerprint density at radius 3 is 1.55 bits per heavy atom. The molecule has 0 fully saturated rings. The first-order valence-electron chi connectivity index (χ1n) is 7.09. The van der Waals surface area contributed by atoms with E-state index in [4.69, 9.17) is 0 Å². The molecule has 0 amide bonds. The van der Waals surface area contributed by atoms with Gasteiger partial charge in [0.25, 0.3) is 0 Å². The van der Waals surface area contributed by atoms with E-state index in [0.29, 0.717) is 10.5 Å². The fourth-order valence-corrected chi connectivity index (χ4v) is 4.67. The highest BCUT2D eigenvalue weighted by Gasteiger charge is 2.11. The van der Waals surface area contributed by atoms with Crippen LogP contribution in [0.25, 0.3) is 0 Å². The van der Waals surface area contributed by atoms with E-state index in [1.54, 1.807) is 0 Å². The maximum atomic E-state index is 2.32. The van der Waals surface area contributed by atoms with Gasteiger partial charge in [0.1, 0.15) is 0 Å². The largest absolute Gasteiger partial charge is 0.354 e. The van der Waals surface area contributed by atoms with Crippen molar-refractivity contribution in [1.82, 2.24) is 9.13 Å². The van der Waals surface area contributed by atoms with Crippen molar-refractivity contribution in [3.05, 3.63) is 48.0 Å². The molecule has 110 valence electrons. The first-order chi connectivity index (χ1) is 9.56. The summed E-state index contributed by atoms with van der Waals surface area (Å²) in [5.41, 5.74) is 2.83. The first-order valence-corrected chi connectivity index (χ1v) is 9.36. The number of hydrogen-bond acceptors (Lipinski definition) is 2. The van der Waals surface area contributed by atoms with E-state index in [2.05, 4.69) is 73.7 Å². The standard InChI is InChI=1S/C16H24N2S2/c1-13(11-15-7-5-9-17(15)3)19-20-14(2)12-16-8-6-10-18(16)4/h5-10,13-14H,11-12H2,1-4H3. The lowest BCUT2D eigenvalue weighted by Crippen LogP contribution is -2.07. The predicted octanol–water partition coefficient (Wildman–Crippen LogP) is 4.31. The van der Waals surface area contributed by atoms with E-state index in [-0.39, 0.29) is 0 Å². The molecule has 4 heteroatoms. The average molecular weight is 309 g/mol. The zero-order chi connectivity index (χ0) is 14.5. The zero-order valence-corrected chi connectivity index (χ0v) is 14.4. The summed E-state index contributed by atoms with van der Waals surface area (Å²) in [5, 5.41) is 1.29. The van der Waals surface area contributed by atoms with Crippen LogP contribution in [0.4, 0.5) is 0 Å². The minimum atomic E-state index is 0.643. The van der Waals surface area contributed by atoms with Gasteiger partial charge in [-0.2, -0.15) is 0 Å². The van der Waals surface area contributed by atoms with Gasteiger partial charge in [-0.05, 0) is 24.3 Å². The molecule has 2 aromatic heterocycles. The molecule has 0 radical (unpaired) electrons. The quantitative estimate of drug-likeness (QED) is 0.705. The van der Waals surface area contributed by atoms with Gasteiger partial charge in [0.05, 0.1) is 0 Å². The minimum Gasteiger partial charge on any atom is -0.354 e. The second-order valence-corrected chi connectivity index (χ2v) is 8.59. The molecule has 2 atom stereocenters. The van der Waals surface area contributed by atoms with Crippen LogP contribution in [0.2, 0.25) is 0 Å². The van der Waals surface area contributed by atoms with Gasteiger partial charge < -0.3 is 9.13 Å². The molecule has 0 aliphatic heterocycles. The van der Waals surface area contributed by atoms with Gasteiger partial charge in [0.2, 0.25) is 0 Å². The summed E-state index contributed by atoms with van der Waals surface area (Å²) >= 11 is 0. The SMILES string of the molecule is CC(Cc1cccn1C)SSC(C)Cc1cccn1C. The molecule has 0 aliphatic rings. The molecule has 2 unspecified atom stereocenters. The van der Waals surface area contributed by atoms with Crippen molar-refractivity contribution in [2.75, 3.05) is 0 Å². The number of aromatic nitrogens is 2. The number of aryl methyl sites for hydroxylation is 2. The van der Waals surface area contributed by atoms with Gasteiger partial charge in [0, 0.05) is 61.2 Å². The molecule has 0 spiro atoms. The lowest BCUT2D eigenvalue weighted by Gasteiger charge is -2.15. The Kier molecular flexibility index (Phi) is 5.73. The summed E-state index contributed by atoms with van der Waals surface area (Å²) < 4.78 is 4.43. The molecule has 2 aromatic rings. The summed E-state index contributed by atoms with van der Waals surface area (Å²) in [6, 6.07) is 8.68. The molecule has 2 heterocycles. The first kappa shape index (κ1) is 15.6. The summed E-state index contributed by atoms with van der Waals surface area (Å²) in [6.07, 6.45) is 6.52. The fraction of sp³-hybridized carbons (Fsp3) is 0.500. The average Bonchev–Trinajstić information content (AvgIpc) is 2.98. The topological polar surface area (TPSA) is 9.86 Å². The van der Waals surface area contributed by atoms with Crippen LogP contribution in [0.1, 0.15) is 25.2 Å². The van der Waals surface area contributed by atoms with E-state index >= 15 is 0 Å². The molecular formula is C16H24N2S2.